The molecule has 0 saturated carbocycles. The summed E-state index contributed by atoms with van der Waals surface area (Å²) in [4.78, 5) is 26.4. The largest absolute Gasteiger partial charge is 0.469 e. The number of benzene rings is 1. The van der Waals surface area contributed by atoms with Crippen LogP contribution < -0.4 is 0 Å². The lowest BCUT2D eigenvalue weighted by molar-refractivity contribution is -0.146. The van der Waals surface area contributed by atoms with Crippen LogP contribution in [0.25, 0.3) is 0 Å². The van der Waals surface area contributed by atoms with Crippen molar-refractivity contribution in [1.82, 2.24) is 14.7 Å². The molecule has 3 rings (SSSR count). The van der Waals surface area contributed by atoms with E-state index in [1.165, 1.54) is 7.11 Å². The Morgan fingerprint density at radius 1 is 1.19 bits per heavy atom. The SMILES string of the molecule is CCc1c(C(=O)N2CCC(C(=O)OC)CC2)cnn1Cc1ccccc1. The van der Waals surface area contributed by atoms with Gasteiger partial charge in [0.2, 0.25) is 0 Å². The molecular weight excluding hydrogens is 330 g/mol. The van der Waals surface area contributed by atoms with Gasteiger partial charge in [0.1, 0.15) is 0 Å². The number of esters is 1. The molecule has 0 radical (unpaired) electrons. The fraction of sp³-hybridized carbons (Fsp3) is 0.450. The van der Waals surface area contributed by atoms with Gasteiger partial charge < -0.3 is 9.64 Å². The molecule has 0 atom stereocenters. The van der Waals surface area contributed by atoms with Crippen molar-refractivity contribution >= 4 is 11.9 Å². The van der Waals surface area contributed by atoms with Gasteiger partial charge in [0.25, 0.3) is 5.91 Å². The van der Waals surface area contributed by atoms with Crippen LogP contribution in [0.3, 0.4) is 0 Å². The zero-order valence-corrected chi connectivity index (χ0v) is 15.4. The second-order valence-electron chi connectivity index (χ2n) is 6.59. The summed E-state index contributed by atoms with van der Waals surface area (Å²) >= 11 is 0. The maximum Gasteiger partial charge on any atom is 0.308 e. The highest BCUT2D eigenvalue weighted by Gasteiger charge is 2.30. The average molecular weight is 355 g/mol. The van der Waals surface area contributed by atoms with Gasteiger partial charge in [-0.2, -0.15) is 5.10 Å². The molecule has 2 heterocycles. The van der Waals surface area contributed by atoms with Crippen LogP contribution in [-0.4, -0.2) is 46.8 Å². The molecule has 0 unspecified atom stereocenters. The number of nitrogens with zero attached hydrogens (tertiary/aromatic N) is 3. The molecule has 2 aromatic rings. The molecule has 26 heavy (non-hydrogen) atoms. The van der Waals surface area contributed by atoms with Gasteiger partial charge in [0.05, 0.1) is 37.0 Å². The maximum absolute atomic E-state index is 12.9. The summed E-state index contributed by atoms with van der Waals surface area (Å²) in [6.07, 6.45) is 3.72. The van der Waals surface area contributed by atoms with Gasteiger partial charge >= 0.3 is 5.97 Å². The Bertz CT molecular complexity index is 762. The minimum absolute atomic E-state index is 0.00415. The lowest BCUT2D eigenvalue weighted by Crippen LogP contribution is -2.40. The van der Waals surface area contributed by atoms with E-state index in [0.717, 1.165) is 17.7 Å². The van der Waals surface area contributed by atoms with Crippen molar-refractivity contribution in [2.75, 3.05) is 20.2 Å². The molecule has 1 aromatic carbocycles. The molecular formula is C20H25N3O3. The standard InChI is InChI=1S/C20H25N3O3/c1-3-18-17(13-21-23(18)14-15-7-5-4-6-8-15)19(24)22-11-9-16(10-12-22)20(25)26-2/h4-8,13,16H,3,9-12,14H2,1-2H3. The van der Waals surface area contributed by atoms with Crippen molar-refractivity contribution in [1.29, 1.82) is 0 Å². The average Bonchev–Trinajstić information content (AvgIpc) is 3.10. The molecule has 1 saturated heterocycles. The molecule has 138 valence electrons. The number of rotatable bonds is 5. The topological polar surface area (TPSA) is 64.4 Å². The fourth-order valence-corrected chi connectivity index (χ4v) is 3.51. The van der Waals surface area contributed by atoms with Crippen molar-refractivity contribution in [3.05, 3.63) is 53.3 Å². The number of methoxy groups -OCH3 is 1. The van der Waals surface area contributed by atoms with Crippen LogP contribution in [0, 0.1) is 5.92 Å². The van der Waals surface area contributed by atoms with Crippen LogP contribution in [0.5, 0.6) is 0 Å². The number of hydrogen-bond donors (Lipinski definition) is 0. The first-order valence-corrected chi connectivity index (χ1v) is 9.09. The summed E-state index contributed by atoms with van der Waals surface area (Å²) in [5.74, 6) is -0.276. The zero-order chi connectivity index (χ0) is 18.5. The van der Waals surface area contributed by atoms with E-state index >= 15 is 0 Å². The Labute approximate surface area is 153 Å². The van der Waals surface area contributed by atoms with Crippen molar-refractivity contribution in [2.45, 2.75) is 32.7 Å². The molecule has 1 aliphatic rings. The minimum Gasteiger partial charge on any atom is -0.469 e. The van der Waals surface area contributed by atoms with Crippen LogP contribution in [0.2, 0.25) is 0 Å². The van der Waals surface area contributed by atoms with E-state index in [1.807, 2.05) is 34.7 Å². The van der Waals surface area contributed by atoms with Crippen molar-refractivity contribution in [3.8, 4) is 0 Å². The van der Waals surface area contributed by atoms with E-state index in [2.05, 4.69) is 17.2 Å². The summed E-state index contributed by atoms with van der Waals surface area (Å²) in [5.41, 5.74) is 2.78. The Kier molecular flexibility index (Phi) is 5.71. The van der Waals surface area contributed by atoms with Crippen molar-refractivity contribution in [3.63, 3.8) is 0 Å². The molecule has 1 fully saturated rings. The molecule has 6 heteroatoms. The Morgan fingerprint density at radius 2 is 1.88 bits per heavy atom. The van der Waals surface area contributed by atoms with Crippen LogP contribution in [0.15, 0.2) is 36.5 Å². The molecule has 1 aromatic heterocycles. The Balaban J connectivity index is 1.71. The highest BCUT2D eigenvalue weighted by molar-refractivity contribution is 5.95. The Morgan fingerprint density at radius 3 is 2.50 bits per heavy atom. The number of carbonyl (C=O) groups is 2. The second-order valence-corrected chi connectivity index (χ2v) is 6.59. The molecule has 6 nitrogen and oxygen atoms in total. The normalized spacial score (nSPS) is 15.1. The molecule has 1 amide bonds. The van der Waals surface area contributed by atoms with Crippen molar-refractivity contribution < 1.29 is 14.3 Å². The monoisotopic (exact) mass is 355 g/mol. The molecule has 1 aliphatic heterocycles. The third-order valence-corrected chi connectivity index (χ3v) is 5.01. The number of ether oxygens (including phenoxy) is 1. The van der Waals surface area contributed by atoms with Gasteiger partial charge in [-0.1, -0.05) is 37.3 Å². The van der Waals surface area contributed by atoms with E-state index in [-0.39, 0.29) is 17.8 Å². The summed E-state index contributed by atoms with van der Waals surface area (Å²) in [5, 5.41) is 4.45. The first-order chi connectivity index (χ1) is 12.6. The van der Waals surface area contributed by atoms with Crippen LogP contribution in [0.1, 0.15) is 41.4 Å². The summed E-state index contributed by atoms with van der Waals surface area (Å²) in [6, 6.07) is 10.1. The molecule has 0 N–H and O–H groups in total. The zero-order valence-electron chi connectivity index (χ0n) is 15.4. The fourth-order valence-electron chi connectivity index (χ4n) is 3.51. The molecule has 0 bridgehead atoms. The first kappa shape index (κ1) is 18.2. The molecule has 0 spiro atoms. The Hall–Kier alpha value is -2.63. The van der Waals surface area contributed by atoms with Crippen LogP contribution >= 0.6 is 0 Å². The quantitative estimate of drug-likeness (QED) is 0.773. The first-order valence-electron chi connectivity index (χ1n) is 9.09. The smallest absolute Gasteiger partial charge is 0.308 e. The summed E-state index contributed by atoms with van der Waals surface area (Å²) < 4.78 is 6.72. The van der Waals surface area contributed by atoms with Crippen molar-refractivity contribution in [2.24, 2.45) is 5.92 Å². The third-order valence-electron chi connectivity index (χ3n) is 5.01. The predicted molar refractivity (Wildman–Crippen MR) is 97.8 cm³/mol. The number of aromatic nitrogens is 2. The second kappa shape index (κ2) is 8.17. The van der Waals surface area contributed by atoms with Gasteiger partial charge in [-0.3, -0.25) is 14.3 Å². The van der Waals surface area contributed by atoms with E-state index < -0.39 is 0 Å². The van der Waals surface area contributed by atoms with Gasteiger partial charge in [-0.05, 0) is 24.8 Å². The van der Waals surface area contributed by atoms with E-state index in [4.69, 9.17) is 4.74 Å². The third kappa shape index (κ3) is 3.79. The summed E-state index contributed by atoms with van der Waals surface area (Å²) in [7, 11) is 1.41. The lowest BCUT2D eigenvalue weighted by Gasteiger charge is -2.30. The van der Waals surface area contributed by atoms with Crippen LogP contribution in [0.4, 0.5) is 0 Å². The van der Waals surface area contributed by atoms with Gasteiger partial charge in [0, 0.05) is 13.1 Å². The minimum atomic E-state index is -0.179. The number of likely N-dealkylation sites (tertiary alicyclic amines) is 1. The predicted octanol–water partition coefficient (Wildman–Crippen LogP) is 2.52. The van der Waals surface area contributed by atoms with Gasteiger partial charge in [-0.25, -0.2) is 0 Å². The molecule has 0 aliphatic carbocycles. The highest BCUT2D eigenvalue weighted by atomic mass is 16.5. The van der Waals surface area contributed by atoms with Crippen LogP contribution in [-0.2, 0) is 22.5 Å². The number of hydrogen-bond acceptors (Lipinski definition) is 4. The highest BCUT2D eigenvalue weighted by Crippen LogP contribution is 2.22. The van der Waals surface area contributed by atoms with E-state index in [1.54, 1.807) is 6.20 Å². The van der Waals surface area contributed by atoms with Gasteiger partial charge in [-0.15, -0.1) is 0 Å². The van der Waals surface area contributed by atoms with E-state index in [0.29, 0.717) is 38.0 Å². The maximum atomic E-state index is 12.9. The van der Waals surface area contributed by atoms with E-state index in [9.17, 15) is 9.59 Å². The lowest BCUT2D eigenvalue weighted by atomic mass is 9.96. The summed E-state index contributed by atoms with van der Waals surface area (Å²) in [6.45, 7) is 3.84. The number of amides is 1. The number of carbonyl (C=O) groups excluding carboxylic acids is 2. The number of piperidine rings is 1. The van der Waals surface area contributed by atoms with Gasteiger partial charge in [0.15, 0.2) is 0 Å².